The van der Waals surface area contributed by atoms with Crippen molar-refractivity contribution < 1.29 is 23.6 Å². The van der Waals surface area contributed by atoms with Crippen LogP contribution in [0.15, 0.2) is 28.0 Å². The zero-order valence-corrected chi connectivity index (χ0v) is 11.8. The molecule has 0 aromatic carbocycles. The summed E-state index contributed by atoms with van der Waals surface area (Å²) < 4.78 is 9.59. The van der Waals surface area contributed by atoms with Crippen LogP contribution in [0.3, 0.4) is 0 Å². The number of carbonyl (C=O) groups excluding carboxylic acids is 2. The van der Waals surface area contributed by atoms with Crippen molar-refractivity contribution in [2.75, 3.05) is 7.11 Å². The Bertz CT molecular complexity index is 683. The lowest BCUT2D eigenvalue weighted by Gasteiger charge is -1.99. The van der Waals surface area contributed by atoms with Crippen molar-refractivity contribution in [1.29, 1.82) is 0 Å². The Morgan fingerprint density at radius 3 is 2.67 bits per heavy atom. The van der Waals surface area contributed by atoms with E-state index in [-0.39, 0.29) is 5.76 Å². The van der Waals surface area contributed by atoms with Crippen molar-refractivity contribution in [2.24, 2.45) is 5.16 Å². The van der Waals surface area contributed by atoms with Crippen LogP contribution in [-0.2, 0) is 9.57 Å². The third-order valence-corrected chi connectivity index (χ3v) is 2.85. The summed E-state index contributed by atoms with van der Waals surface area (Å²) in [5, 5.41) is 3.59. The molecule has 2 aromatic heterocycles. The second kappa shape index (κ2) is 6.08. The second-order valence-electron chi connectivity index (χ2n) is 4.25. The van der Waals surface area contributed by atoms with Crippen molar-refractivity contribution in [3.05, 3.63) is 46.7 Å². The number of aromatic amines is 1. The van der Waals surface area contributed by atoms with E-state index in [0.717, 1.165) is 0 Å². The normalized spacial score (nSPS) is 10.8. The summed E-state index contributed by atoms with van der Waals surface area (Å²) in [6.07, 6.45) is 2.64. The van der Waals surface area contributed by atoms with E-state index < -0.39 is 11.9 Å². The lowest BCUT2D eigenvalue weighted by Crippen LogP contribution is -2.06. The maximum atomic E-state index is 11.7. The number of furan rings is 1. The van der Waals surface area contributed by atoms with Crippen LogP contribution in [0.4, 0.5) is 0 Å². The molecular formula is C14H14N2O5. The summed E-state index contributed by atoms with van der Waals surface area (Å²) in [7, 11) is 1.29. The molecule has 0 aliphatic rings. The number of carbonyl (C=O) groups is 2. The molecule has 0 aliphatic carbocycles. The van der Waals surface area contributed by atoms with Gasteiger partial charge in [-0.1, -0.05) is 5.16 Å². The third-order valence-electron chi connectivity index (χ3n) is 2.85. The van der Waals surface area contributed by atoms with Gasteiger partial charge in [0.1, 0.15) is 0 Å². The van der Waals surface area contributed by atoms with E-state index in [1.807, 2.05) is 0 Å². The van der Waals surface area contributed by atoms with E-state index in [0.29, 0.717) is 22.5 Å². The predicted octanol–water partition coefficient (Wildman–Crippen LogP) is 2.20. The van der Waals surface area contributed by atoms with E-state index in [1.54, 1.807) is 19.9 Å². The summed E-state index contributed by atoms with van der Waals surface area (Å²) in [6, 6.07) is 3.03. The van der Waals surface area contributed by atoms with Crippen LogP contribution in [0.2, 0.25) is 0 Å². The zero-order valence-electron chi connectivity index (χ0n) is 11.8. The van der Waals surface area contributed by atoms with Crippen molar-refractivity contribution in [1.82, 2.24) is 4.98 Å². The Hall–Kier alpha value is -2.83. The molecular weight excluding hydrogens is 276 g/mol. The molecule has 0 atom stereocenters. The van der Waals surface area contributed by atoms with Gasteiger partial charge in [-0.15, -0.1) is 0 Å². The van der Waals surface area contributed by atoms with Gasteiger partial charge < -0.3 is 19.0 Å². The maximum Gasteiger partial charge on any atom is 0.400 e. The molecule has 0 amide bonds. The van der Waals surface area contributed by atoms with E-state index in [4.69, 9.17) is 14.0 Å². The van der Waals surface area contributed by atoms with Crippen LogP contribution < -0.4 is 0 Å². The molecule has 0 fully saturated rings. The highest BCUT2D eigenvalue weighted by Gasteiger charge is 2.19. The van der Waals surface area contributed by atoms with Crippen LogP contribution in [0, 0.1) is 13.8 Å². The Morgan fingerprint density at radius 2 is 2.05 bits per heavy atom. The quantitative estimate of drug-likeness (QED) is 0.403. The summed E-state index contributed by atoms with van der Waals surface area (Å²) in [6.45, 7) is 3.51. The number of oxime groups is 1. The first-order chi connectivity index (χ1) is 10.0. The number of hydrogen-bond acceptors (Lipinski definition) is 6. The molecule has 0 unspecified atom stereocenters. The predicted molar refractivity (Wildman–Crippen MR) is 73.3 cm³/mol. The number of aryl methyl sites for hydroxylation is 2. The van der Waals surface area contributed by atoms with Gasteiger partial charge in [0, 0.05) is 17.0 Å². The lowest BCUT2D eigenvalue weighted by molar-refractivity contribution is 0.0482. The topological polar surface area (TPSA) is 93.9 Å². The number of H-pyrrole nitrogens is 1. The number of esters is 1. The van der Waals surface area contributed by atoms with E-state index in [2.05, 4.69) is 10.1 Å². The summed E-state index contributed by atoms with van der Waals surface area (Å²) in [4.78, 5) is 31.0. The molecule has 0 saturated carbocycles. The number of methoxy groups -OCH3 is 1. The number of nitrogens with zero attached hydrogens (tertiary/aromatic N) is 1. The molecule has 7 heteroatoms. The van der Waals surface area contributed by atoms with Crippen molar-refractivity contribution in [3.63, 3.8) is 0 Å². The number of nitrogens with one attached hydrogen (secondary N) is 1. The van der Waals surface area contributed by atoms with Crippen molar-refractivity contribution >= 4 is 18.2 Å². The van der Waals surface area contributed by atoms with Gasteiger partial charge in [0.25, 0.3) is 0 Å². The molecule has 2 rings (SSSR count). The van der Waals surface area contributed by atoms with Crippen LogP contribution in [0.25, 0.3) is 0 Å². The highest BCUT2D eigenvalue weighted by atomic mass is 16.7. The van der Waals surface area contributed by atoms with Gasteiger partial charge in [0.2, 0.25) is 5.76 Å². The molecule has 0 aliphatic heterocycles. The van der Waals surface area contributed by atoms with Gasteiger partial charge in [-0.2, -0.15) is 0 Å². The fourth-order valence-electron chi connectivity index (χ4n) is 1.89. The summed E-state index contributed by atoms with van der Waals surface area (Å²) in [5.74, 6) is -1.17. The Labute approximate surface area is 120 Å². The Balaban J connectivity index is 2.18. The number of aromatic nitrogens is 1. The van der Waals surface area contributed by atoms with Crippen LogP contribution in [0.1, 0.15) is 37.9 Å². The largest absolute Gasteiger partial charge is 0.465 e. The van der Waals surface area contributed by atoms with Crippen molar-refractivity contribution in [3.8, 4) is 0 Å². The minimum absolute atomic E-state index is 0.0438. The molecule has 7 nitrogen and oxygen atoms in total. The van der Waals surface area contributed by atoms with E-state index in [1.165, 1.54) is 25.7 Å². The summed E-state index contributed by atoms with van der Waals surface area (Å²) in [5.41, 5.74) is 2.23. The molecule has 1 N–H and O–H groups in total. The van der Waals surface area contributed by atoms with Gasteiger partial charge in [-0.25, -0.2) is 9.59 Å². The highest BCUT2D eigenvalue weighted by molar-refractivity contribution is 6.01. The van der Waals surface area contributed by atoms with Gasteiger partial charge in [-0.3, -0.25) is 0 Å². The zero-order chi connectivity index (χ0) is 15.4. The van der Waals surface area contributed by atoms with Crippen LogP contribution in [0.5, 0.6) is 0 Å². The van der Waals surface area contributed by atoms with Gasteiger partial charge in [-0.05, 0) is 26.0 Å². The number of ether oxygens (including phenoxy) is 1. The third kappa shape index (κ3) is 3.02. The maximum absolute atomic E-state index is 11.7. The molecule has 0 radical (unpaired) electrons. The van der Waals surface area contributed by atoms with Crippen LogP contribution >= 0.6 is 0 Å². The van der Waals surface area contributed by atoms with E-state index >= 15 is 0 Å². The Morgan fingerprint density at radius 1 is 1.29 bits per heavy atom. The SMILES string of the molecule is COC(=O)c1c(C)[nH]c(C)c1/C=N\OC(=O)c1ccco1. The van der Waals surface area contributed by atoms with Crippen LogP contribution in [-0.4, -0.2) is 30.2 Å². The van der Waals surface area contributed by atoms with Crippen molar-refractivity contribution in [2.45, 2.75) is 13.8 Å². The second-order valence-corrected chi connectivity index (χ2v) is 4.25. The molecule has 21 heavy (non-hydrogen) atoms. The van der Waals surface area contributed by atoms with Gasteiger partial charge >= 0.3 is 11.9 Å². The average Bonchev–Trinajstić information content (AvgIpc) is 3.07. The molecule has 110 valence electrons. The molecule has 0 saturated heterocycles. The molecule has 0 bridgehead atoms. The first kappa shape index (κ1) is 14.6. The molecule has 2 aromatic rings. The first-order valence-corrected chi connectivity index (χ1v) is 6.10. The summed E-state index contributed by atoms with van der Waals surface area (Å²) >= 11 is 0. The first-order valence-electron chi connectivity index (χ1n) is 6.10. The monoisotopic (exact) mass is 290 g/mol. The fourth-order valence-corrected chi connectivity index (χ4v) is 1.89. The minimum atomic E-state index is -0.722. The lowest BCUT2D eigenvalue weighted by atomic mass is 10.1. The minimum Gasteiger partial charge on any atom is -0.465 e. The van der Waals surface area contributed by atoms with E-state index in [9.17, 15) is 9.59 Å². The average molecular weight is 290 g/mol. The number of hydrogen-bond donors (Lipinski definition) is 1. The smallest absolute Gasteiger partial charge is 0.400 e. The Kier molecular flexibility index (Phi) is 4.22. The standard InChI is InChI=1S/C14H14N2O5/c1-8-10(12(9(2)16-8)14(18)19-3)7-15-21-13(17)11-5-4-6-20-11/h4-7,16H,1-3H3/b15-7-. The molecule has 0 spiro atoms. The van der Waals surface area contributed by atoms with Gasteiger partial charge in [0.15, 0.2) is 0 Å². The highest BCUT2D eigenvalue weighted by Crippen LogP contribution is 2.17. The van der Waals surface area contributed by atoms with Gasteiger partial charge in [0.05, 0.1) is 25.2 Å². The fraction of sp³-hybridized carbons (Fsp3) is 0.214. The molecule has 2 heterocycles. The number of rotatable bonds is 4.